The van der Waals surface area contributed by atoms with Crippen molar-refractivity contribution in [2.45, 2.75) is 38.6 Å². The molecule has 2 N–H and O–H groups in total. The molecule has 202 valence electrons. The smallest absolute Gasteiger partial charge is 0.257 e. The van der Waals surface area contributed by atoms with Crippen LogP contribution >= 0.6 is 0 Å². The van der Waals surface area contributed by atoms with Crippen LogP contribution in [0.1, 0.15) is 44.2 Å². The molecule has 0 spiro atoms. The molecule has 0 saturated heterocycles. The Balaban J connectivity index is 1.78. The number of hydrogen-bond donors (Lipinski definition) is 2. The molecule has 3 heterocycles. The molecule has 40 heavy (non-hydrogen) atoms. The van der Waals surface area contributed by atoms with Gasteiger partial charge in [0.2, 0.25) is 0 Å². The van der Waals surface area contributed by atoms with Crippen molar-refractivity contribution < 1.29 is 0 Å². The molecule has 2 aromatic heterocycles. The van der Waals surface area contributed by atoms with Crippen molar-refractivity contribution in [3.05, 3.63) is 132 Å². The molecule has 0 amide bonds. The highest BCUT2D eigenvalue weighted by Gasteiger charge is 2.49. The molecule has 11 heteroatoms. The number of para-hydroxylation sites is 2. The number of benzene rings is 3. The Kier molecular flexibility index (Phi) is 5.79. The van der Waals surface area contributed by atoms with Gasteiger partial charge in [0.05, 0.1) is 17.1 Å². The van der Waals surface area contributed by atoms with Gasteiger partial charge in [0.1, 0.15) is 0 Å². The van der Waals surface area contributed by atoms with E-state index in [0.29, 0.717) is 28.5 Å². The van der Waals surface area contributed by atoms with Gasteiger partial charge in [0, 0.05) is 5.56 Å². The number of H-pyrrole nitrogens is 2. The van der Waals surface area contributed by atoms with Gasteiger partial charge < -0.3 is 0 Å². The van der Waals surface area contributed by atoms with Crippen LogP contribution < -0.4 is 22.8 Å². The number of nitrogens with one attached hydrogen (secondary N) is 2. The zero-order chi connectivity index (χ0) is 28.2. The topological polar surface area (TPSA) is 132 Å². The van der Waals surface area contributed by atoms with Crippen molar-refractivity contribution >= 4 is 11.5 Å². The summed E-state index contributed by atoms with van der Waals surface area (Å²) in [5, 5.41) is 2.59. The van der Waals surface area contributed by atoms with E-state index < -0.39 is 28.3 Å². The average molecular weight is 538 g/mol. The number of fused-ring (bicyclic) bond motifs is 3. The lowest BCUT2D eigenvalue weighted by Gasteiger charge is -2.39. The van der Waals surface area contributed by atoms with Gasteiger partial charge in [0.15, 0.2) is 11.4 Å². The molecule has 1 aliphatic heterocycles. The van der Waals surface area contributed by atoms with Crippen molar-refractivity contribution in [2.75, 3.05) is 0 Å². The summed E-state index contributed by atoms with van der Waals surface area (Å²) in [6, 6.07) is 23.2. The molecule has 0 bridgehead atoms. The number of aromatic nitrogens is 6. The largest absolute Gasteiger partial charge is 0.358 e. The van der Waals surface area contributed by atoms with Crippen LogP contribution in [0.5, 0.6) is 0 Å². The molecule has 1 unspecified atom stereocenters. The van der Waals surface area contributed by atoms with Crippen molar-refractivity contribution in [1.82, 2.24) is 28.7 Å². The number of hydrogen-bond acceptors (Lipinski definition) is 5. The highest BCUT2D eigenvalue weighted by molar-refractivity contribution is 5.98. The third kappa shape index (κ3) is 3.54. The Morgan fingerprint density at radius 1 is 0.825 bits per heavy atom. The van der Waals surface area contributed by atoms with Crippen LogP contribution in [0.25, 0.3) is 11.4 Å². The van der Waals surface area contributed by atoms with Crippen molar-refractivity contribution in [3.8, 4) is 11.4 Å². The van der Waals surface area contributed by atoms with Crippen LogP contribution in [-0.4, -0.2) is 34.5 Å². The lowest BCUT2D eigenvalue weighted by atomic mass is 9.83. The number of rotatable bonds is 5. The molecule has 1 atom stereocenters. The van der Waals surface area contributed by atoms with Crippen molar-refractivity contribution in [3.63, 3.8) is 0 Å². The van der Waals surface area contributed by atoms with Gasteiger partial charge in [0.25, 0.3) is 0 Å². The summed E-state index contributed by atoms with van der Waals surface area (Å²) in [6.07, 6.45) is 0.220. The second kappa shape index (κ2) is 9.23. The highest BCUT2D eigenvalue weighted by atomic mass is 16.2. The Hall–Kier alpha value is -5.19. The molecule has 1 aliphatic rings. The molecule has 0 saturated carbocycles. The zero-order valence-corrected chi connectivity index (χ0v) is 22.2. The Morgan fingerprint density at radius 2 is 1.48 bits per heavy atom. The second-order valence-corrected chi connectivity index (χ2v) is 9.98. The molecule has 0 radical (unpaired) electrons. The van der Waals surface area contributed by atoms with Crippen LogP contribution in [0.3, 0.4) is 0 Å². The van der Waals surface area contributed by atoms with Crippen LogP contribution in [0.15, 0.2) is 103 Å². The van der Waals surface area contributed by atoms with Gasteiger partial charge in [-0.05, 0) is 48.2 Å². The molecular weight excluding hydrogens is 510 g/mol. The maximum atomic E-state index is 14.2. The first-order valence-corrected chi connectivity index (χ1v) is 13.0. The van der Waals surface area contributed by atoms with Gasteiger partial charge in [-0.25, -0.2) is 38.5 Å². The predicted octanol–water partition coefficient (Wildman–Crippen LogP) is 2.84. The summed E-state index contributed by atoms with van der Waals surface area (Å²) in [5.41, 5.74) is -1.16. The second-order valence-electron chi connectivity index (χ2n) is 9.98. The van der Waals surface area contributed by atoms with Crippen LogP contribution in [-0.2, 0) is 5.54 Å². The minimum Gasteiger partial charge on any atom is -0.257 e. The van der Waals surface area contributed by atoms with E-state index in [1.54, 1.807) is 54.6 Å². The lowest BCUT2D eigenvalue weighted by molar-refractivity contribution is 0.376. The standard InChI is InChI=1S/C29H27N7O4/c1-4-29(36-26(38)31-25(37)32-36)22-12-8-9-13-23(22)34-27(39)33(21-10-6-5-7-11-21)28(40)35(34)24(29)30-20-16-14-19(15-17-20)18(2)3/h5-18H,4H2,1-3H3,(H2,31,32,37,38). The van der Waals surface area contributed by atoms with E-state index in [2.05, 4.69) is 23.9 Å². The fourth-order valence-corrected chi connectivity index (χ4v) is 5.47. The number of aromatic amines is 2. The van der Waals surface area contributed by atoms with Crippen molar-refractivity contribution in [2.24, 2.45) is 4.99 Å². The van der Waals surface area contributed by atoms with Crippen LogP contribution in [0.2, 0.25) is 0 Å². The third-order valence-electron chi connectivity index (χ3n) is 7.43. The van der Waals surface area contributed by atoms with E-state index in [0.717, 1.165) is 14.8 Å². The summed E-state index contributed by atoms with van der Waals surface area (Å²) in [7, 11) is 0. The van der Waals surface area contributed by atoms with E-state index in [1.807, 2.05) is 31.2 Å². The number of nitrogens with zero attached hydrogens (tertiary/aromatic N) is 5. The summed E-state index contributed by atoms with van der Waals surface area (Å²) < 4.78 is 4.71. The van der Waals surface area contributed by atoms with Gasteiger partial charge in [-0.15, -0.1) is 0 Å². The van der Waals surface area contributed by atoms with E-state index >= 15 is 0 Å². The molecule has 5 aromatic rings. The maximum absolute atomic E-state index is 14.2. The van der Waals surface area contributed by atoms with Crippen molar-refractivity contribution in [1.29, 1.82) is 0 Å². The Labute approximate surface area is 227 Å². The van der Waals surface area contributed by atoms with E-state index in [1.165, 1.54) is 9.36 Å². The summed E-state index contributed by atoms with van der Waals surface area (Å²) >= 11 is 0. The zero-order valence-electron chi connectivity index (χ0n) is 22.2. The summed E-state index contributed by atoms with van der Waals surface area (Å²) in [4.78, 5) is 60.8. The fourth-order valence-electron chi connectivity index (χ4n) is 5.47. The maximum Gasteiger partial charge on any atom is 0.358 e. The van der Waals surface area contributed by atoms with E-state index in [-0.39, 0.29) is 12.3 Å². The third-order valence-corrected chi connectivity index (χ3v) is 7.43. The van der Waals surface area contributed by atoms with Crippen LogP contribution in [0.4, 0.5) is 5.69 Å². The quantitative estimate of drug-likeness (QED) is 0.357. The van der Waals surface area contributed by atoms with E-state index in [4.69, 9.17) is 4.99 Å². The highest BCUT2D eigenvalue weighted by Crippen LogP contribution is 2.38. The Bertz CT molecular complexity index is 2000. The lowest BCUT2D eigenvalue weighted by Crippen LogP contribution is -2.57. The Morgan fingerprint density at radius 3 is 2.10 bits per heavy atom. The number of aliphatic imine (C=N–C) groups is 1. The van der Waals surface area contributed by atoms with Gasteiger partial charge in [-0.1, -0.05) is 69.3 Å². The normalized spacial score (nSPS) is 17.2. The van der Waals surface area contributed by atoms with Gasteiger partial charge >= 0.3 is 22.8 Å². The monoisotopic (exact) mass is 537 g/mol. The molecular formula is C29H27N7O4. The first-order valence-electron chi connectivity index (χ1n) is 13.0. The molecule has 6 rings (SSSR count). The minimum atomic E-state index is -1.44. The van der Waals surface area contributed by atoms with Gasteiger partial charge in [-0.2, -0.15) is 9.36 Å². The first kappa shape index (κ1) is 25.1. The first-order chi connectivity index (χ1) is 19.3. The molecule has 3 aromatic carbocycles. The van der Waals surface area contributed by atoms with Crippen LogP contribution in [0, 0.1) is 0 Å². The minimum absolute atomic E-state index is 0.0973. The molecule has 0 fully saturated rings. The molecule has 0 aliphatic carbocycles. The SMILES string of the molecule is CCC1(n2[nH]c(=O)[nH]c2=O)C(=Nc2ccc(C(C)C)cc2)n2c(=O)n(-c3ccccc3)c(=O)n2-c2ccccc21. The predicted molar refractivity (Wildman–Crippen MR) is 152 cm³/mol. The summed E-state index contributed by atoms with van der Waals surface area (Å²) in [6.45, 7) is 6.00. The average Bonchev–Trinajstić information content (AvgIpc) is 3.44. The van der Waals surface area contributed by atoms with E-state index in [9.17, 15) is 19.2 Å². The van der Waals surface area contributed by atoms with Gasteiger partial charge in [-0.3, -0.25) is 4.98 Å². The molecule has 11 nitrogen and oxygen atoms in total. The fraction of sp³-hybridized carbons (Fsp3) is 0.207. The summed E-state index contributed by atoms with van der Waals surface area (Å²) in [5.74, 6) is 0.398.